The molecular formula is C32H51F3N6O6. The number of likely N-dealkylation sites (N-methyl/N-ethyl adjacent to an activating group) is 1. The molecule has 1 saturated carbocycles. The smallest absolute Gasteiger partial charge is 0.346 e. The molecule has 0 spiro atoms. The van der Waals surface area contributed by atoms with Gasteiger partial charge < -0.3 is 31.1 Å². The van der Waals surface area contributed by atoms with Crippen LogP contribution in [0.1, 0.15) is 68.7 Å². The average molecular weight is 673 g/mol. The van der Waals surface area contributed by atoms with Crippen LogP contribution in [0.2, 0.25) is 0 Å². The Morgan fingerprint density at radius 2 is 1.57 bits per heavy atom. The fraction of sp³-hybridized carbons (Fsp3) is 0.750. The van der Waals surface area contributed by atoms with E-state index in [-0.39, 0.29) is 36.9 Å². The molecule has 1 aliphatic carbocycles. The maximum atomic E-state index is 14.2. The molecule has 47 heavy (non-hydrogen) atoms. The Hall–Kier alpha value is -3.65. The lowest BCUT2D eigenvalue weighted by Gasteiger charge is -2.38. The van der Waals surface area contributed by atoms with Crippen molar-refractivity contribution in [2.24, 2.45) is 28.6 Å². The van der Waals surface area contributed by atoms with E-state index in [1.54, 1.807) is 41.7 Å². The van der Waals surface area contributed by atoms with Crippen LogP contribution >= 0.6 is 0 Å². The number of halogens is 3. The molecule has 4 N–H and O–H groups in total. The van der Waals surface area contributed by atoms with Gasteiger partial charge in [0.1, 0.15) is 24.2 Å². The summed E-state index contributed by atoms with van der Waals surface area (Å²) < 4.78 is 40.4. The molecule has 0 aromatic rings. The number of amides is 6. The number of rotatable bonds is 13. The summed E-state index contributed by atoms with van der Waals surface area (Å²) in [6.07, 6.45) is -5.44. The summed E-state index contributed by atoms with van der Waals surface area (Å²) >= 11 is 0. The van der Waals surface area contributed by atoms with Gasteiger partial charge in [-0.1, -0.05) is 54.5 Å². The number of ketones is 1. The molecule has 2 fully saturated rings. The van der Waals surface area contributed by atoms with Crippen LogP contribution in [0.3, 0.4) is 0 Å². The van der Waals surface area contributed by atoms with Crippen molar-refractivity contribution < 1.29 is 41.9 Å². The maximum Gasteiger partial charge on any atom is 0.391 e. The molecule has 1 heterocycles. The lowest BCUT2D eigenvalue weighted by Crippen LogP contribution is -2.63. The van der Waals surface area contributed by atoms with Crippen molar-refractivity contribution in [1.82, 2.24) is 31.1 Å². The number of hydrogen-bond acceptors (Lipinski definition) is 6. The summed E-state index contributed by atoms with van der Waals surface area (Å²) in [5, 5.41) is 9.58. The largest absolute Gasteiger partial charge is 0.391 e. The normalized spacial score (nSPS) is 22.0. The van der Waals surface area contributed by atoms with E-state index in [2.05, 4.69) is 27.8 Å². The molecular weight excluding hydrogens is 621 g/mol. The fourth-order valence-electron chi connectivity index (χ4n) is 6.04. The van der Waals surface area contributed by atoms with Crippen molar-refractivity contribution in [2.75, 3.05) is 20.1 Å². The van der Waals surface area contributed by atoms with Gasteiger partial charge in [0, 0.05) is 26.2 Å². The van der Waals surface area contributed by atoms with Crippen LogP contribution in [0.25, 0.3) is 0 Å². The minimum Gasteiger partial charge on any atom is -0.346 e. The van der Waals surface area contributed by atoms with Crippen molar-refractivity contribution in [1.29, 1.82) is 0 Å². The lowest BCUT2D eigenvalue weighted by atomic mass is 9.85. The summed E-state index contributed by atoms with van der Waals surface area (Å²) in [5.74, 6) is -5.66. The zero-order valence-corrected chi connectivity index (χ0v) is 29.0. The molecule has 0 radical (unpaired) electrons. The number of carbonyl (C=O) groups excluding carboxylic acids is 6. The number of nitrogens with zero attached hydrogens (tertiary/aromatic N) is 2. The summed E-state index contributed by atoms with van der Waals surface area (Å²) in [6.45, 7) is 19.3. The zero-order chi connectivity index (χ0) is 36.4. The maximum absolute atomic E-state index is 14.2. The van der Waals surface area contributed by atoms with Crippen LogP contribution < -0.4 is 21.3 Å². The van der Waals surface area contributed by atoms with Crippen LogP contribution in [-0.2, 0) is 24.0 Å². The Morgan fingerprint density at radius 1 is 1.00 bits per heavy atom. The third-order valence-electron chi connectivity index (χ3n) is 9.19. The van der Waals surface area contributed by atoms with E-state index in [0.717, 1.165) is 0 Å². The summed E-state index contributed by atoms with van der Waals surface area (Å²) in [7, 11) is 1.62. The quantitative estimate of drug-likeness (QED) is 0.174. The summed E-state index contributed by atoms with van der Waals surface area (Å²) in [6, 6.07) is -6.50. The molecule has 6 atom stereocenters. The minimum absolute atomic E-state index is 0.0917. The SMILES string of the molecule is C=CCNC(=O)C(=O)C(CC(F)(F)F)NC(=O)[C@@H]1[C@@H]2[C@H](CN1C(=O)[C@@H](NC(=O)N[C@H](C(=O)N(C)C(C)C)C(C)C)C(C)(C)C)C2(C)C. The number of alkyl halides is 3. The molecule has 6 amide bonds. The van der Waals surface area contributed by atoms with Gasteiger partial charge in [-0.25, -0.2) is 4.79 Å². The van der Waals surface area contributed by atoms with Crippen LogP contribution in [0.4, 0.5) is 18.0 Å². The van der Waals surface area contributed by atoms with E-state index in [9.17, 15) is 41.9 Å². The van der Waals surface area contributed by atoms with E-state index in [1.165, 1.54) is 15.9 Å². The van der Waals surface area contributed by atoms with Crippen LogP contribution in [-0.4, -0.2) is 102 Å². The Bertz CT molecular complexity index is 1240. The molecule has 0 bridgehead atoms. The van der Waals surface area contributed by atoms with E-state index in [1.807, 2.05) is 27.7 Å². The minimum atomic E-state index is -4.90. The van der Waals surface area contributed by atoms with Crippen molar-refractivity contribution in [3.63, 3.8) is 0 Å². The molecule has 0 aromatic heterocycles. The molecule has 1 unspecified atom stereocenters. The van der Waals surface area contributed by atoms with Crippen LogP contribution in [0.15, 0.2) is 12.7 Å². The fourth-order valence-corrected chi connectivity index (χ4v) is 6.04. The zero-order valence-electron chi connectivity index (χ0n) is 29.0. The molecule has 15 heteroatoms. The van der Waals surface area contributed by atoms with Gasteiger partial charge in [-0.2, -0.15) is 13.2 Å². The molecule has 12 nitrogen and oxygen atoms in total. The van der Waals surface area contributed by atoms with E-state index in [0.29, 0.717) is 0 Å². The standard InChI is InChI=1S/C32H51F3N6O6/c1-12-13-36-26(44)23(42)19(14-32(33,34)35)37-25(43)22-20-18(31(20,9)10)15-41(22)28(46)24(30(6,7)8)39-29(47)38-21(16(2)3)27(45)40(11)17(4)5/h12,16-22,24H,1,13-15H2,2-11H3,(H,36,44)(H,37,43)(H2,38,39,47)/t18-,19?,20-,21-,22-,24+/m0/s1. The number of carbonyl (C=O) groups is 6. The van der Waals surface area contributed by atoms with Gasteiger partial charge in [0.05, 0.1) is 6.42 Å². The van der Waals surface area contributed by atoms with Gasteiger partial charge >= 0.3 is 12.2 Å². The highest BCUT2D eigenvalue weighted by Gasteiger charge is 2.70. The average Bonchev–Trinajstić information content (AvgIpc) is 3.26. The second-order valence-corrected chi connectivity index (χ2v) is 14.8. The van der Waals surface area contributed by atoms with Crippen molar-refractivity contribution in [3.05, 3.63) is 12.7 Å². The van der Waals surface area contributed by atoms with E-state index < -0.39 is 83.0 Å². The second kappa shape index (κ2) is 14.6. The van der Waals surface area contributed by atoms with Crippen molar-refractivity contribution in [2.45, 2.75) is 105 Å². The summed E-state index contributed by atoms with van der Waals surface area (Å²) in [5.41, 5.74) is -1.33. The van der Waals surface area contributed by atoms with Gasteiger partial charge in [-0.3, -0.25) is 24.0 Å². The molecule has 1 aliphatic heterocycles. The topological polar surface area (TPSA) is 157 Å². The Kier molecular flexibility index (Phi) is 12.3. The first kappa shape index (κ1) is 39.5. The number of likely N-dealkylation sites (tertiary alicyclic amines) is 1. The first-order chi connectivity index (χ1) is 21.4. The Balaban J connectivity index is 2.37. The summed E-state index contributed by atoms with van der Waals surface area (Å²) in [4.78, 5) is 81.9. The first-order valence-corrected chi connectivity index (χ1v) is 15.8. The third-order valence-corrected chi connectivity index (χ3v) is 9.19. The van der Waals surface area contributed by atoms with Gasteiger partial charge in [-0.05, 0) is 42.4 Å². The number of hydrogen-bond donors (Lipinski definition) is 4. The molecule has 266 valence electrons. The Labute approximate surface area is 275 Å². The van der Waals surface area contributed by atoms with Gasteiger partial charge in [-0.15, -0.1) is 6.58 Å². The monoisotopic (exact) mass is 672 g/mol. The number of Topliss-reactive ketones (excluding diaryl/α,β-unsaturated/α-hetero) is 1. The van der Waals surface area contributed by atoms with E-state index in [4.69, 9.17) is 0 Å². The highest BCUT2D eigenvalue weighted by atomic mass is 19.4. The second-order valence-electron chi connectivity index (χ2n) is 14.8. The third kappa shape index (κ3) is 9.47. The Morgan fingerprint density at radius 3 is 2.04 bits per heavy atom. The van der Waals surface area contributed by atoms with Gasteiger partial charge in [0.15, 0.2) is 0 Å². The number of piperidine rings is 1. The first-order valence-electron chi connectivity index (χ1n) is 15.8. The number of urea groups is 1. The highest BCUT2D eigenvalue weighted by Crippen LogP contribution is 2.65. The van der Waals surface area contributed by atoms with Gasteiger partial charge in [0.25, 0.3) is 5.91 Å². The predicted molar refractivity (Wildman–Crippen MR) is 169 cm³/mol. The van der Waals surface area contributed by atoms with Crippen molar-refractivity contribution in [3.8, 4) is 0 Å². The predicted octanol–water partition coefficient (Wildman–Crippen LogP) is 2.38. The highest BCUT2D eigenvalue weighted by molar-refractivity contribution is 6.38. The molecule has 0 aromatic carbocycles. The molecule has 1 saturated heterocycles. The number of fused-ring (bicyclic) bond motifs is 1. The lowest BCUT2D eigenvalue weighted by molar-refractivity contribution is -0.155. The van der Waals surface area contributed by atoms with Crippen LogP contribution in [0, 0.1) is 28.6 Å². The number of nitrogens with one attached hydrogen (secondary N) is 4. The van der Waals surface area contributed by atoms with Crippen molar-refractivity contribution >= 4 is 35.4 Å². The molecule has 2 rings (SSSR count). The van der Waals surface area contributed by atoms with Crippen LogP contribution in [0.5, 0.6) is 0 Å². The molecule has 2 aliphatic rings. The van der Waals surface area contributed by atoms with Gasteiger partial charge in [0.2, 0.25) is 23.5 Å². The van der Waals surface area contributed by atoms with E-state index >= 15 is 0 Å².